The molecular formula is C13H19NO3S. The highest BCUT2D eigenvalue weighted by atomic mass is 32.2. The molecule has 0 bridgehead atoms. The smallest absolute Gasteiger partial charge is 0.265 e. The van der Waals surface area contributed by atoms with Crippen LogP contribution in [0, 0.1) is 0 Å². The molecular weight excluding hydrogens is 250 g/mol. The normalized spacial score (nSPS) is 12.2. The average molecular weight is 269 g/mol. The van der Waals surface area contributed by atoms with Crippen molar-refractivity contribution in [1.82, 2.24) is 4.72 Å². The van der Waals surface area contributed by atoms with Crippen LogP contribution >= 0.6 is 0 Å². The highest BCUT2D eigenvalue weighted by Gasteiger charge is 2.23. The third-order valence-corrected chi connectivity index (χ3v) is 3.86. The van der Waals surface area contributed by atoms with Crippen LogP contribution < -0.4 is 4.72 Å². The van der Waals surface area contributed by atoms with E-state index in [9.17, 15) is 13.2 Å². The number of carbonyl (C=O) groups is 1. The molecule has 1 aromatic carbocycles. The topological polar surface area (TPSA) is 63.2 Å². The molecule has 0 atom stereocenters. The molecule has 0 saturated heterocycles. The lowest BCUT2D eigenvalue weighted by atomic mass is 9.83. The van der Waals surface area contributed by atoms with Crippen molar-refractivity contribution >= 4 is 15.9 Å². The molecule has 0 saturated carbocycles. The minimum atomic E-state index is -3.53. The van der Waals surface area contributed by atoms with Crippen LogP contribution in [0.3, 0.4) is 0 Å². The molecule has 0 aliphatic carbocycles. The molecule has 18 heavy (non-hydrogen) atoms. The summed E-state index contributed by atoms with van der Waals surface area (Å²) in [4.78, 5) is 12.0. The minimum Gasteiger partial charge on any atom is -0.268 e. The van der Waals surface area contributed by atoms with Gasteiger partial charge in [-0.25, -0.2) is 13.1 Å². The van der Waals surface area contributed by atoms with Crippen molar-refractivity contribution in [2.45, 2.75) is 33.1 Å². The molecule has 0 aliphatic rings. The molecule has 1 aromatic rings. The predicted octanol–water partition coefficient (Wildman–Crippen LogP) is 2.06. The molecule has 1 N–H and O–H groups in total. The SMILES string of the molecule is CCS(=O)(=O)NC(=O)c1ccccc1C(C)(C)C. The van der Waals surface area contributed by atoms with Crippen LogP contribution in [0.25, 0.3) is 0 Å². The summed E-state index contributed by atoms with van der Waals surface area (Å²) in [5, 5.41) is 0. The van der Waals surface area contributed by atoms with Gasteiger partial charge in [-0.1, -0.05) is 39.0 Å². The fraction of sp³-hybridized carbons (Fsp3) is 0.462. The summed E-state index contributed by atoms with van der Waals surface area (Å²) in [5.74, 6) is -0.682. The van der Waals surface area contributed by atoms with Gasteiger partial charge in [0.2, 0.25) is 10.0 Å². The highest BCUT2D eigenvalue weighted by Crippen LogP contribution is 2.25. The van der Waals surface area contributed by atoms with E-state index in [1.54, 1.807) is 12.1 Å². The Labute approximate surface area is 108 Å². The Bertz CT molecular complexity index is 542. The molecule has 0 aromatic heterocycles. The third kappa shape index (κ3) is 3.57. The van der Waals surface area contributed by atoms with Gasteiger partial charge in [-0.05, 0) is 24.0 Å². The second-order valence-electron chi connectivity index (χ2n) is 5.13. The van der Waals surface area contributed by atoms with E-state index in [0.717, 1.165) is 5.56 Å². The van der Waals surface area contributed by atoms with Gasteiger partial charge in [0.25, 0.3) is 5.91 Å². The third-order valence-electron chi connectivity index (χ3n) is 2.61. The van der Waals surface area contributed by atoms with Crippen molar-refractivity contribution in [3.05, 3.63) is 35.4 Å². The van der Waals surface area contributed by atoms with Crippen LogP contribution in [0.2, 0.25) is 0 Å². The average Bonchev–Trinajstić information content (AvgIpc) is 2.27. The first-order valence-electron chi connectivity index (χ1n) is 5.81. The number of sulfonamides is 1. The maximum Gasteiger partial charge on any atom is 0.265 e. The van der Waals surface area contributed by atoms with E-state index < -0.39 is 15.9 Å². The number of hydrogen-bond acceptors (Lipinski definition) is 3. The van der Waals surface area contributed by atoms with Crippen LogP contribution in [-0.4, -0.2) is 20.1 Å². The van der Waals surface area contributed by atoms with E-state index in [1.165, 1.54) is 6.92 Å². The van der Waals surface area contributed by atoms with Crippen LogP contribution in [0.5, 0.6) is 0 Å². The maximum absolute atomic E-state index is 12.0. The monoisotopic (exact) mass is 269 g/mol. The summed E-state index contributed by atoms with van der Waals surface area (Å²) in [7, 11) is -3.53. The van der Waals surface area contributed by atoms with Gasteiger partial charge < -0.3 is 0 Å². The van der Waals surface area contributed by atoms with Gasteiger partial charge in [-0.15, -0.1) is 0 Å². The van der Waals surface area contributed by atoms with E-state index >= 15 is 0 Å². The number of amides is 1. The molecule has 4 nitrogen and oxygen atoms in total. The standard InChI is InChI=1S/C13H19NO3S/c1-5-18(16,17)14-12(15)10-8-6-7-9-11(10)13(2,3)4/h6-9H,5H2,1-4H3,(H,14,15). The van der Waals surface area contributed by atoms with Gasteiger partial charge in [0.05, 0.1) is 5.75 Å². The summed E-state index contributed by atoms with van der Waals surface area (Å²) in [5.41, 5.74) is 1.01. The summed E-state index contributed by atoms with van der Waals surface area (Å²) < 4.78 is 24.9. The van der Waals surface area contributed by atoms with E-state index in [1.807, 2.05) is 32.9 Å². The Hall–Kier alpha value is -1.36. The van der Waals surface area contributed by atoms with E-state index in [0.29, 0.717) is 5.56 Å². The largest absolute Gasteiger partial charge is 0.268 e. The predicted molar refractivity (Wildman–Crippen MR) is 72.1 cm³/mol. The Kier molecular flexibility index (Phi) is 4.16. The second kappa shape index (κ2) is 5.10. The molecule has 0 heterocycles. The molecule has 5 heteroatoms. The molecule has 0 spiro atoms. The first-order chi connectivity index (χ1) is 8.17. The van der Waals surface area contributed by atoms with Gasteiger partial charge in [-0.3, -0.25) is 4.79 Å². The fourth-order valence-corrected chi connectivity index (χ4v) is 2.14. The number of carbonyl (C=O) groups excluding carboxylic acids is 1. The Morgan fingerprint density at radius 2 is 1.78 bits per heavy atom. The lowest BCUT2D eigenvalue weighted by Gasteiger charge is -2.22. The zero-order valence-electron chi connectivity index (χ0n) is 11.1. The van der Waals surface area contributed by atoms with Crippen molar-refractivity contribution < 1.29 is 13.2 Å². The Morgan fingerprint density at radius 3 is 2.28 bits per heavy atom. The molecule has 1 amide bonds. The molecule has 0 unspecified atom stereocenters. The molecule has 100 valence electrons. The number of benzene rings is 1. The van der Waals surface area contributed by atoms with Crippen LogP contribution in [-0.2, 0) is 15.4 Å². The summed E-state index contributed by atoms with van der Waals surface area (Å²) in [6.07, 6.45) is 0. The number of nitrogens with one attached hydrogen (secondary N) is 1. The van der Waals surface area contributed by atoms with E-state index in [2.05, 4.69) is 4.72 Å². The lowest BCUT2D eigenvalue weighted by Crippen LogP contribution is -2.33. The summed E-state index contributed by atoms with van der Waals surface area (Å²) >= 11 is 0. The van der Waals surface area contributed by atoms with Gasteiger partial charge in [0.15, 0.2) is 0 Å². The van der Waals surface area contributed by atoms with Gasteiger partial charge in [-0.2, -0.15) is 0 Å². The fourth-order valence-electron chi connectivity index (χ4n) is 1.60. The minimum absolute atomic E-state index is 0.115. The molecule has 0 radical (unpaired) electrons. The quantitative estimate of drug-likeness (QED) is 0.913. The van der Waals surface area contributed by atoms with Crippen molar-refractivity contribution in [3.63, 3.8) is 0 Å². The molecule has 0 fully saturated rings. The summed E-state index contributed by atoms with van der Waals surface area (Å²) in [6.45, 7) is 7.43. The van der Waals surface area contributed by atoms with Crippen LogP contribution in [0.15, 0.2) is 24.3 Å². The van der Waals surface area contributed by atoms with Gasteiger partial charge >= 0.3 is 0 Å². The zero-order valence-corrected chi connectivity index (χ0v) is 12.0. The molecule has 0 aliphatic heterocycles. The lowest BCUT2D eigenvalue weighted by molar-refractivity contribution is 0.0979. The molecule has 1 rings (SSSR count). The van der Waals surface area contributed by atoms with Gasteiger partial charge in [0.1, 0.15) is 0 Å². The Balaban J connectivity index is 3.15. The number of hydrogen-bond donors (Lipinski definition) is 1. The summed E-state index contributed by atoms with van der Waals surface area (Å²) in [6, 6.07) is 7.04. The number of rotatable bonds is 3. The Morgan fingerprint density at radius 1 is 1.22 bits per heavy atom. The first-order valence-corrected chi connectivity index (χ1v) is 7.47. The maximum atomic E-state index is 12.0. The van der Waals surface area contributed by atoms with E-state index in [-0.39, 0.29) is 11.2 Å². The highest BCUT2D eigenvalue weighted by molar-refractivity contribution is 7.90. The second-order valence-corrected chi connectivity index (χ2v) is 7.14. The van der Waals surface area contributed by atoms with Crippen LogP contribution in [0.1, 0.15) is 43.6 Å². The first kappa shape index (κ1) is 14.7. The van der Waals surface area contributed by atoms with E-state index in [4.69, 9.17) is 0 Å². The van der Waals surface area contributed by atoms with Crippen molar-refractivity contribution in [2.24, 2.45) is 0 Å². The zero-order chi connectivity index (χ0) is 14.0. The van der Waals surface area contributed by atoms with Gasteiger partial charge in [0, 0.05) is 5.56 Å². The van der Waals surface area contributed by atoms with Crippen molar-refractivity contribution in [3.8, 4) is 0 Å². The van der Waals surface area contributed by atoms with Crippen molar-refractivity contribution in [2.75, 3.05) is 5.75 Å². The van der Waals surface area contributed by atoms with Crippen LogP contribution in [0.4, 0.5) is 0 Å². The van der Waals surface area contributed by atoms with Crippen molar-refractivity contribution in [1.29, 1.82) is 0 Å².